The molecule has 0 saturated carbocycles. The molecule has 19 heavy (non-hydrogen) atoms. The minimum Gasteiger partial charge on any atom is -0.406 e. The smallest absolute Gasteiger partial charge is 0.406 e. The number of carbonyl (C=O) groups is 1. The van der Waals surface area contributed by atoms with Crippen molar-refractivity contribution in [1.29, 1.82) is 0 Å². The first kappa shape index (κ1) is 15.7. The van der Waals surface area contributed by atoms with Crippen LogP contribution in [0.4, 0.5) is 13.2 Å². The number of amides is 1. The molecule has 7 heteroatoms. The Balaban J connectivity index is 2.59. The SMILES string of the molecule is CSCC(=O)N(C)Cc1ccc(OC(F)(F)F)cc1. The maximum absolute atomic E-state index is 12.0. The molecular formula is C12H14F3NO2S. The summed E-state index contributed by atoms with van der Waals surface area (Å²) in [5.41, 5.74) is 0.742. The lowest BCUT2D eigenvalue weighted by molar-refractivity contribution is -0.274. The van der Waals surface area contributed by atoms with Crippen LogP contribution in [0.25, 0.3) is 0 Å². The molecule has 0 radical (unpaired) electrons. The lowest BCUT2D eigenvalue weighted by atomic mass is 10.2. The van der Waals surface area contributed by atoms with Gasteiger partial charge in [0.25, 0.3) is 0 Å². The minimum absolute atomic E-state index is 0.0249. The van der Waals surface area contributed by atoms with E-state index >= 15 is 0 Å². The van der Waals surface area contributed by atoms with Gasteiger partial charge in [0.2, 0.25) is 5.91 Å². The van der Waals surface area contributed by atoms with Crippen molar-refractivity contribution in [3.8, 4) is 5.75 Å². The van der Waals surface area contributed by atoms with Gasteiger partial charge in [-0.3, -0.25) is 4.79 Å². The monoisotopic (exact) mass is 293 g/mol. The number of carbonyl (C=O) groups excluding carboxylic acids is 1. The number of ether oxygens (including phenoxy) is 1. The van der Waals surface area contributed by atoms with Crippen LogP contribution in [0.1, 0.15) is 5.56 Å². The number of halogens is 3. The average Bonchev–Trinajstić information content (AvgIpc) is 2.30. The van der Waals surface area contributed by atoms with Gasteiger partial charge in [0, 0.05) is 13.6 Å². The Morgan fingerprint density at radius 3 is 2.37 bits per heavy atom. The topological polar surface area (TPSA) is 29.5 Å². The molecule has 0 fully saturated rings. The third-order valence-corrected chi connectivity index (χ3v) is 2.81. The van der Waals surface area contributed by atoms with Crippen molar-refractivity contribution in [3.63, 3.8) is 0 Å². The fraction of sp³-hybridized carbons (Fsp3) is 0.417. The number of rotatable bonds is 5. The van der Waals surface area contributed by atoms with E-state index in [1.54, 1.807) is 7.05 Å². The molecule has 1 aromatic rings. The van der Waals surface area contributed by atoms with Gasteiger partial charge >= 0.3 is 6.36 Å². The highest BCUT2D eigenvalue weighted by molar-refractivity contribution is 7.99. The predicted molar refractivity (Wildman–Crippen MR) is 68.0 cm³/mol. The van der Waals surface area contributed by atoms with Crippen LogP contribution in [-0.2, 0) is 11.3 Å². The van der Waals surface area contributed by atoms with Crippen molar-refractivity contribution in [3.05, 3.63) is 29.8 Å². The van der Waals surface area contributed by atoms with Crippen LogP contribution in [0.5, 0.6) is 5.75 Å². The molecule has 0 spiro atoms. The standard InChI is InChI=1S/C12H14F3NO2S/c1-16(11(17)8-19-2)7-9-3-5-10(6-4-9)18-12(13,14)15/h3-6H,7-8H2,1-2H3. The van der Waals surface area contributed by atoms with Gasteiger partial charge in [0.05, 0.1) is 5.75 Å². The molecule has 0 aliphatic rings. The van der Waals surface area contributed by atoms with Crippen LogP contribution >= 0.6 is 11.8 Å². The Hall–Kier alpha value is -1.37. The zero-order valence-corrected chi connectivity index (χ0v) is 11.3. The van der Waals surface area contributed by atoms with Gasteiger partial charge < -0.3 is 9.64 Å². The Labute approximate surface area is 113 Å². The Morgan fingerprint density at radius 2 is 1.89 bits per heavy atom. The molecule has 0 aliphatic heterocycles. The number of nitrogens with zero attached hydrogens (tertiary/aromatic N) is 1. The normalized spacial score (nSPS) is 11.2. The van der Waals surface area contributed by atoms with Crippen LogP contribution in [-0.4, -0.2) is 36.2 Å². The quantitative estimate of drug-likeness (QED) is 0.836. The van der Waals surface area contributed by atoms with Gasteiger partial charge in [-0.25, -0.2) is 0 Å². The number of alkyl halides is 3. The molecule has 106 valence electrons. The molecule has 0 aliphatic carbocycles. The molecule has 0 bridgehead atoms. The lowest BCUT2D eigenvalue weighted by Crippen LogP contribution is -2.27. The van der Waals surface area contributed by atoms with Crippen LogP contribution in [0.3, 0.4) is 0 Å². The second kappa shape index (κ2) is 6.70. The van der Waals surface area contributed by atoms with Crippen molar-refractivity contribution >= 4 is 17.7 Å². The molecule has 0 heterocycles. The molecule has 0 saturated heterocycles. The van der Waals surface area contributed by atoms with E-state index in [1.165, 1.54) is 40.9 Å². The van der Waals surface area contributed by atoms with Gasteiger partial charge in [-0.2, -0.15) is 11.8 Å². The highest BCUT2D eigenvalue weighted by Gasteiger charge is 2.30. The number of hydrogen-bond acceptors (Lipinski definition) is 3. The lowest BCUT2D eigenvalue weighted by Gasteiger charge is -2.17. The molecular weight excluding hydrogens is 279 g/mol. The van der Waals surface area contributed by atoms with Crippen LogP contribution in [0, 0.1) is 0 Å². The van der Waals surface area contributed by atoms with Crippen LogP contribution in [0.15, 0.2) is 24.3 Å². The molecule has 3 nitrogen and oxygen atoms in total. The second-order valence-corrected chi connectivity index (χ2v) is 4.74. The van der Waals surface area contributed by atoms with Crippen LogP contribution < -0.4 is 4.74 Å². The first-order valence-corrected chi connectivity index (χ1v) is 6.79. The van der Waals surface area contributed by atoms with E-state index in [0.29, 0.717) is 12.3 Å². The van der Waals surface area contributed by atoms with E-state index < -0.39 is 6.36 Å². The fourth-order valence-electron chi connectivity index (χ4n) is 1.39. The first-order chi connectivity index (χ1) is 8.81. The van der Waals surface area contributed by atoms with Crippen molar-refractivity contribution in [2.75, 3.05) is 19.1 Å². The van der Waals surface area contributed by atoms with Gasteiger partial charge in [0.15, 0.2) is 0 Å². The highest BCUT2D eigenvalue weighted by Crippen LogP contribution is 2.23. The summed E-state index contributed by atoms with van der Waals surface area (Å²) >= 11 is 1.42. The van der Waals surface area contributed by atoms with E-state index in [-0.39, 0.29) is 11.7 Å². The van der Waals surface area contributed by atoms with E-state index in [9.17, 15) is 18.0 Å². The van der Waals surface area contributed by atoms with Gasteiger partial charge in [-0.1, -0.05) is 12.1 Å². The largest absolute Gasteiger partial charge is 0.573 e. The summed E-state index contributed by atoms with van der Waals surface area (Å²) in [5.74, 6) is 0.0867. The highest BCUT2D eigenvalue weighted by atomic mass is 32.2. The Morgan fingerprint density at radius 1 is 1.32 bits per heavy atom. The summed E-state index contributed by atoms with van der Waals surface area (Å²) in [6.45, 7) is 0.353. The molecule has 0 unspecified atom stereocenters. The van der Waals surface area contributed by atoms with E-state index in [2.05, 4.69) is 4.74 Å². The van der Waals surface area contributed by atoms with E-state index in [0.717, 1.165) is 5.56 Å². The summed E-state index contributed by atoms with van der Waals surface area (Å²) in [5, 5.41) is 0. The summed E-state index contributed by atoms with van der Waals surface area (Å²) < 4.78 is 39.7. The summed E-state index contributed by atoms with van der Waals surface area (Å²) in [6.07, 6.45) is -2.86. The fourth-order valence-corrected chi connectivity index (χ4v) is 1.86. The maximum atomic E-state index is 12.0. The van der Waals surface area contributed by atoms with Crippen LogP contribution in [0.2, 0.25) is 0 Å². The van der Waals surface area contributed by atoms with E-state index in [1.807, 2.05) is 6.26 Å². The third-order valence-electron chi connectivity index (χ3n) is 2.27. The number of hydrogen-bond donors (Lipinski definition) is 0. The van der Waals surface area contributed by atoms with Crippen molar-refractivity contribution in [1.82, 2.24) is 4.90 Å². The van der Waals surface area contributed by atoms with Gasteiger partial charge in [-0.15, -0.1) is 13.2 Å². The summed E-state index contributed by atoms with van der Waals surface area (Å²) in [4.78, 5) is 13.1. The molecule has 1 rings (SSSR count). The third kappa shape index (κ3) is 5.87. The van der Waals surface area contributed by atoms with E-state index in [4.69, 9.17) is 0 Å². The van der Waals surface area contributed by atoms with Crippen molar-refractivity contribution in [2.45, 2.75) is 12.9 Å². The zero-order valence-electron chi connectivity index (χ0n) is 10.5. The molecule has 1 aromatic carbocycles. The Kier molecular flexibility index (Phi) is 5.53. The first-order valence-electron chi connectivity index (χ1n) is 5.39. The minimum atomic E-state index is -4.69. The summed E-state index contributed by atoms with van der Waals surface area (Å²) in [6, 6.07) is 5.47. The molecule has 0 aromatic heterocycles. The summed E-state index contributed by atoms with van der Waals surface area (Å²) in [7, 11) is 1.65. The maximum Gasteiger partial charge on any atom is 0.573 e. The second-order valence-electron chi connectivity index (χ2n) is 3.87. The van der Waals surface area contributed by atoms with Gasteiger partial charge in [-0.05, 0) is 24.0 Å². The van der Waals surface area contributed by atoms with Gasteiger partial charge in [0.1, 0.15) is 5.75 Å². The number of benzene rings is 1. The van der Waals surface area contributed by atoms with Crippen molar-refractivity contribution in [2.24, 2.45) is 0 Å². The van der Waals surface area contributed by atoms with Crippen molar-refractivity contribution < 1.29 is 22.7 Å². The number of thioether (sulfide) groups is 1. The zero-order chi connectivity index (χ0) is 14.5. The molecule has 0 atom stereocenters. The molecule has 1 amide bonds. The molecule has 0 N–H and O–H groups in total. The predicted octanol–water partition coefficient (Wildman–Crippen LogP) is 2.91. The Bertz CT molecular complexity index is 420. The average molecular weight is 293 g/mol.